The van der Waals surface area contributed by atoms with E-state index >= 15 is 0 Å². The maximum Gasteiger partial charge on any atom is 0.189 e. The molecule has 4 aliphatic carbocycles. The van der Waals surface area contributed by atoms with Crippen molar-refractivity contribution >= 4 is 27.9 Å². The molecule has 200 valence electrons. The Kier molecular flexibility index (Phi) is 6.79. The van der Waals surface area contributed by atoms with Crippen molar-refractivity contribution in [1.82, 2.24) is 9.97 Å². The van der Waals surface area contributed by atoms with Gasteiger partial charge >= 0.3 is 0 Å². The summed E-state index contributed by atoms with van der Waals surface area (Å²) >= 11 is 1.86. The maximum absolute atomic E-state index is 5.03. The van der Waals surface area contributed by atoms with Crippen molar-refractivity contribution in [2.45, 2.75) is 98.8 Å². The molecule has 0 radical (unpaired) electrons. The van der Waals surface area contributed by atoms with Crippen molar-refractivity contribution in [1.29, 1.82) is 0 Å². The van der Waals surface area contributed by atoms with E-state index < -0.39 is 0 Å². The van der Waals surface area contributed by atoms with Gasteiger partial charge in [0.1, 0.15) is 5.82 Å². The highest BCUT2D eigenvalue weighted by molar-refractivity contribution is 7.16. The van der Waals surface area contributed by atoms with E-state index in [-0.39, 0.29) is 0 Å². The molecule has 7 atom stereocenters. The highest BCUT2D eigenvalue weighted by Crippen LogP contribution is 2.68. The Balaban J connectivity index is 1.22. The Bertz CT molecular complexity index is 1140. The van der Waals surface area contributed by atoms with Crippen molar-refractivity contribution in [2.75, 3.05) is 5.32 Å². The molecule has 0 amide bonds. The monoisotopic (exact) mass is 517 g/mol. The van der Waals surface area contributed by atoms with Crippen molar-refractivity contribution in [3.05, 3.63) is 41.0 Å². The first kappa shape index (κ1) is 25.6. The summed E-state index contributed by atoms with van der Waals surface area (Å²) in [5, 5.41) is 4.46. The van der Waals surface area contributed by atoms with E-state index in [2.05, 4.69) is 51.0 Å². The number of fused-ring (bicyclic) bond motifs is 7. The zero-order valence-corrected chi connectivity index (χ0v) is 24.5. The lowest BCUT2D eigenvalue weighted by Gasteiger charge is -2.57. The summed E-state index contributed by atoms with van der Waals surface area (Å²) in [4.78, 5) is 10.9. The fourth-order valence-corrected chi connectivity index (χ4v) is 10.7. The van der Waals surface area contributed by atoms with E-state index in [1.165, 1.54) is 68.4 Å². The second kappa shape index (κ2) is 9.81. The molecule has 2 fully saturated rings. The summed E-state index contributed by atoms with van der Waals surface area (Å²) in [6.07, 6.45) is 18.2. The van der Waals surface area contributed by atoms with Gasteiger partial charge in [0.05, 0.1) is 10.6 Å². The summed E-state index contributed by atoms with van der Waals surface area (Å²) in [5.41, 5.74) is 3.81. The molecular weight excluding hydrogens is 470 g/mol. The van der Waals surface area contributed by atoms with Gasteiger partial charge in [-0.15, -0.1) is 0 Å². The summed E-state index contributed by atoms with van der Waals surface area (Å²) in [6, 6.07) is 6.01. The second-order valence-electron chi connectivity index (χ2n) is 13.8. The van der Waals surface area contributed by atoms with Crippen LogP contribution in [0.4, 0.5) is 10.9 Å². The highest BCUT2D eigenvalue weighted by Gasteiger charge is 2.59. The Labute approximate surface area is 229 Å². The first-order valence-corrected chi connectivity index (χ1v) is 16.0. The van der Waals surface area contributed by atoms with Gasteiger partial charge in [-0.05, 0) is 109 Å². The number of nitrogens with one attached hydrogen (secondary N) is 1. The van der Waals surface area contributed by atoms with E-state index in [0.29, 0.717) is 10.8 Å². The fourth-order valence-electron chi connectivity index (χ4n) is 9.50. The van der Waals surface area contributed by atoms with Gasteiger partial charge in [-0.2, -0.15) is 0 Å². The number of pyridine rings is 1. The van der Waals surface area contributed by atoms with Crippen molar-refractivity contribution in [2.24, 2.45) is 46.3 Å². The highest BCUT2D eigenvalue weighted by atomic mass is 32.1. The molecule has 0 bridgehead atoms. The predicted octanol–water partition coefficient (Wildman–Crippen LogP) is 9.54. The van der Waals surface area contributed by atoms with Crippen LogP contribution >= 0.6 is 11.3 Å². The molecule has 2 aromatic rings. The molecule has 4 aliphatic rings. The molecular formula is C33H47N3S. The SMILES string of the molecule is CC(C)CCC[C@@H](C)[C@H]1CC[C@H]2[C@@H]3CC=C4c5sc(Nc6ccccn6)nc5CC[C@]4(C)[C@H]3CC[C@]12C. The molecule has 2 aromatic heterocycles. The largest absolute Gasteiger partial charge is 0.316 e. The van der Waals surface area contributed by atoms with Crippen LogP contribution in [0.25, 0.3) is 5.57 Å². The van der Waals surface area contributed by atoms with E-state index in [0.717, 1.165) is 52.9 Å². The van der Waals surface area contributed by atoms with Crippen LogP contribution in [0, 0.1) is 46.3 Å². The molecule has 6 rings (SSSR count). The topological polar surface area (TPSA) is 37.8 Å². The van der Waals surface area contributed by atoms with Crippen LogP contribution in [0.5, 0.6) is 0 Å². The van der Waals surface area contributed by atoms with Crippen molar-refractivity contribution in [3.63, 3.8) is 0 Å². The van der Waals surface area contributed by atoms with Crippen LogP contribution < -0.4 is 5.32 Å². The number of rotatable bonds is 7. The molecule has 4 heteroatoms. The normalized spacial score (nSPS) is 35.2. The number of hydrogen-bond donors (Lipinski definition) is 1. The Morgan fingerprint density at radius 1 is 1.05 bits per heavy atom. The van der Waals surface area contributed by atoms with Gasteiger partial charge in [-0.1, -0.05) is 77.4 Å². The molecule has 0 spiro atoms. The Morgan fingerprint density at radius 2 is 1.92 bits per heavy atom. The summed E-state index contributed by atoms with van der Waals surface area (Å²) in [6.45, 7) is 12.7. The third-order valence-electron chi connectivity index (χ3n) is 11.4. The quantitative estimate of drug-likeness (QED) is 0.397. The van der Waals surface area contributed by atoms with Gasteiger partial charge < -0.3 is 5.32 Å². The number of aromatic nitrogens is 2. The van der Waals surface area contributed by atoms with Crippen LogP contribution in [0.1, 0.15) is 103 Å². The van der Waals surface area contributed by atoms with E-state index in [1.807, 2.05) is 35.7 Å². The van der Waals surface area contributed by atoms with Gasteiger partial charge in [0, 0.05) is 6.20 Å². The van der Waals surface area contributed by atoms with Gasteiger partial charge in [-0.3, -0.25) is 0 Å². The lowest BCUT2D eigenvalue weighted by molar-refractivity contribution is -0.0392. The number of nitrogens with zero attached hydrogens (tertiary/aromatic N) is 2. The molecule has 37 heavy (non-hydrogen) atoms. The third kappa shape index (κ3) is 4.39. The molecule has 3 nitrogen and oxygen atoms in total. The number of thiazole rings is 1. The number of anilines is 2. The first-order valence-electron chi connectivity index (χ1n) is 15.2. The van der Waals surface area contributed by atoms with Crippen LogP contribution in [0.3, 0.4) is 0 Å². The summed E-state index contributed by atoms with van der Waals surface area (Å²) in [5.74, 6) is 6.18. The summed E-state index contributed by atoms with van der Waals surface area (Å²) < 4.78 is 0. The summed E-state index contributed by atoms with van der Waals surface area (Å²) in [7, 11) is 0. The number of aryl methyl sites for hydroxylation is 1. The molecule has 2 heterocycles. The van der Waals surface area contributed by atoms with Gasteiger partial charge in [-0.25, -0.2) is 9.97 Å². The van der Waals surface area contributed by atoms with E-state index in [9.17, 15) is 0 Å². The minimum Gasteiger partial charge on any atom is -0.316 e. The molecule has 0 aromatic carbocycles. The molecule has 0 unspecified atom stereocenters. The zero-order valence-electron chi connectivity index (χ0n) is 23.7. The molecule has 2 saturated carbocycles. The molecule has 1 N–H and O–H groups in total. The smallest absolute Gasteiger partial charge is 0.189 e. The maximum atomic E-state index is 5.03. The van der Waals surface area contributed by atoms with Crippen LogP contribution in [-0.2, 0) is 6.42 Å². The fraction of sp³-hybridized carbons (Fsp3) is 0.697. The Morgan fingerprint density at radius 3 is 2.70 bits per heavy atom. The average Bonchev–Trinajstić information content (AvgIpc) is 3.44. The predicted molar refractivity (Wildman–Crippen MR) is 157 cm³/mol. The van der Waals surface area contributed by atoms with E-state index in [4.69, 9.17) is 4.98 Å². The average molecular weight is 518 g/mol. The third-order valence-corrected chi connectivity index (χ3v) is 12.4. The molecule has 0 aliphatic heterocycles. The van der Waals surface area contributed by atoms with Gasteiger partial charge in [0.25, 0.3) is 0 Å². The first-order chi connectivity index (χ1) is 17.8. The van der Waals surface area contributed by atoms with Crippen molar-refractivity contribution in [3.8, 4) is 0 Å². The number of hydrogen-bond acceptors (Lipinski definition) is 4. The standard InChI is InChI=1S/C33H47N3S/c1-21(2)9-8-10-22(3)24-14-15-25-23-12-13-27-30-28(35-31(37-30)36-29-11-6-7-20-34-29)17-19-33(27,5)26(23)16-18-32(24,25)4/h6-7,11,13,20-26H,8-10,12,14-19H2,1-5H3,(H,34,35,36)/t22-,23+,24-,25+,26+,32-,33-/m1/s1. The number of allylic oxidation sites excluding steroid dienone is 2. The lowest BCUT2D eigenvalue weighted by atomic mass is 9.47. The van der Waals surface area contributed by atoms with Crippen LogP contribution in [0.15, 0.2) is 30.5 Å². The lowest BCUT2D eigenvalue weighted by Crippen LogP contribution is -2.49. The molecule has 0 saturated heterocycles. The minimum atomic E-state index is 0.313. The van der Waals surface area contributed by atoms with Crippen molar-refractivity contribution < 1.29 is 0 Å². The van der Waals surface area contributed by atoms with E-state index in [1.54, 1.807) is 5.57 Å². The Hall–Kier alpha value is -1.68. The zero-order chi connectivity index (χ0) is 25.8. The van der Waals surface area contributed by atoms with Gasteiger partial charge in [0.15, 0.2) is 5.13 Å². The van der Waals surface area contributed by atoms with Crippen LogP contribution in [-0.4, -0.2) is 9.97 Å². The van der Waals surface area contributed by atoms with Gasteiger partial charge in [0.2, 0.25) is 0 Å². The minimum absolute atomic E-state index is 0.313. The van der Waals surface area contributed by atoms with Crippen LogP contribution in [0.2, 0.25) is 0 Å². The second-order valence-corrected chi connectivity index (χ2v) is 14.8.